The Balaban J connectivity index is 2.61. The van der Waals surface area contributed by atoms with E-state index in [0.29, 0.717) is 22.2 Å². The van der Waals surface area contributed by atoms with Crippen LogP contribution in [0.5, 0.6) is 0 Å². The molecule has 0 atom stereocenters. The lowest BCUT2D eigenvalue weighted by molar-refractivity contribution is 0.818. The van der Waals surface area contributed by atoms with Crippen LogP contribution in [0.15, 0.2) is 23.4 Å². The summed E-state index contributed by atoms with van der Waals surface area (Å²) in [5, 5.41) is 13.9. The van der Waals surface area contributed by atoms with Crippen molar-refractivity contribution >= 4 is 17.6 Å². The number of aryl methyl sites for hydroxylation is 1. The molecule has 0 saturated carbocycles. The second-order valence-corrected chi connectivity index (χ2v) is 4.28. The van der Waals surface area contributed by atoms with Crippen molar-refractivity contribution in [1.82, 2.24) is 14.8 Å². The minimum atomic E-state index is 0.329. The highest BCUT2D eigenvalue weighted by Crippen LogP contribution is 2.25. The van der Waals surface area contributed by atoms with Crippen molar-refractivity contribution in [2.45, 2.75) is 11.9 Å². The average Bonchev–Trinajstić information content (AvgIpc) is 2.65. The second kappa shape index (κ2) is 4.47. The van der Waals surface area contributed by atoms with Crippen LogP contribution in [0.4, 0.5) is 5.82 Å². The van der Waals surface area contributed by atoms with Crippen molar-refractivity contribution in [3.8, 4) is 11.9 Å². The number of anilines is 1. The summed E-state index contributed by atoms with van der Waals surface area (Å²) >= 11 is 1.39. The number of hydrogen-bond donors (Lipinski definition) is 1. The largest absolute Gasteiger partial charge is 0.382 e. The van der Waals surface area contributed by atoms with E-state index in [4.69, 9.17) is 11.0 Å². The van der Waals surface area contributed by atoms with Crippen molar-refractivity contribution in [3.05, 3.63) is 29.5 Å². The molecule has 2 heterocycles. The third-order valence-corrected chi connectivity index (χ3v) is 2.98. The third-order valence-electron chi connectivity index (χ3n) is 2.31. The smallest absolute Gasteiger partial charge is 0.155 e. The lowest BCUT2D eigenvalue weighted by atomic mass is 10.3. The number of nitrogen functional groups attached to an aromatic ring is 1. The van der Waals surface area contributed by atoms with Gasteiger partial charge in [0.1, 0.15) is 22.5 Å². The molecule has 0 saturated heterocycles. The topological polar surface area (TPSA) is 80.5 Å². The Kier molecular flexibility index (Phi) is 3.02. The summed E-state index contributed by atoms with van der Waals surface area (Å²) in [6, 6.07) is 5.83. The summed E-state index contributed by atoms with van der Waals surface area (Å²) in [6.07, 6.45) is 3.55. The highest BCUT2D eigenvalue weighted by atomic mass is 32.2. The van der Waals surface area contributed by atoms with Crippen LogP contribution in [0, 0.1) is 18.3 Å². The van der Waals surface area contributed by atoms with E-state index in [2.05, 4.69) is 16.2 Å². The minimum absolute atomic E-state index is 0.329. The first-order chi connectivity index (χ1) is 8.17. The van der Waals surface area contributed by atoms with E-state index >= 15 is 0 Å². The Morgan fingerprint density at radius 2 is 2.29 bits per heavy atom. The molecular weight excluding hydrogens is 234 g/mol. The lowest BCUT2D eigenvalue weighted by Gasteiger charge is -2.02. The molecule has 5 nitrogen and oxygen atoms in total. The van der Waals surface area contributed by atoms with E-state index in [1.54, 1.807) is 6.20 Å². The Bertz CT molecular complexity index is 596. The van der Waals surface area contributed by atoms with Crippen molar-refractivity contribution < 1.29 is 0 Å². The molecule has 2 N–H and O–H groups in total. The van der Waals surface area contributed by atoms with Crippen molar-refractivity contribution in [2.24, 2.45) is 0 Å². The van der Waals surface area contributed by atoms with Crippen LogP contribution < -0.4 is 5.73 Å². The number of rotatable bonds is 2. The zero-order chi connectivity index (χ0) is 12.4. The van der Waals surface area contributed by atoms with Crippen LogP contribution in [0.3, 0.4) is 0 Å². The number of nitrogens with zero attached hydrogens (tertiary/aromatic N) is 4. The number of hydrogen-bond acceptors (Lipinski definition) is 5. The molecule has 0 aliphatic rings. The number of nitriles is 1. The molecule has 2 aromatic heterocycles. The monoisotopic (exact) mass is 245 g/mol. The van der Waals surface area contributed by atoms with Crippen molar-refractivity contribution in [2.75, 3.05) is 12.0 Å². The number of nitrogens with two attached hydrogens (primary N) is 1. The van der Waals surface area contributed by atoms with Gasteiger partial charge in [0.25, 0.3) is 0 Å². The Morgan fingerprint density at radius 1 is 1.53 bits per heavy atom. The van der Waals surface area contributed by atoms with Gasteiger partial charge >= 0.3 is 0 Å². The zero-order valence-electron chi connectivity index (χ0n) is 9.51. The van der Waals surface area contributed by atoms with E-state index in [9.17, 15) is 0 Å². The second-order valence-electron chi connectivity index (χ2n) is 3.48. The number of aromatic nitrogens is 3. The lowest BCUT2D eigenvalue weighted by Crippen LogP contribution is -2.04. The molecule has 0 fully saturated rings. The summed E-state index contributed by atoms with van der Waals surface area (Å²) in [6.45, 7) is 1.96. The average molecular weight is 245 g/mol. The zero-order valence-corrected chi connectivity index (χ0v) is 10.3. The van der Waals surface area contributed by atoms with E-state index in [1.807, 2.05) is 25.3 Å². The van der Waals surface area contributed by atoms with Crippen LogP contribution in [-0.4, -0.2) is 21.0 Å². The highest BCUT2D eigenvalue weighted by molar-refractivity contribution is 7.98. The normalized spacial score (nSPS) is 10.2. The van der Waals surface area contributed by atoms with Gasteiger partial charge in [-0.25, -0.2) is 4.98 Å². The van der Waals surface area contributed by atoms with E-state index in [0.717, 1.165) is 5.56 Å². The van der Waals surface area contributed by atoms with Crippen LogP contribution in [0.1, 0.15) is 11.1 Å². The van der Waals surface area contributed by atoms with Crippen LogP contribution in [-0.2, 0) is 0 Å². The third kappa shape index (κ3) is 1.97. The summed E-state index contributed by atoms with van der Waals surface area (Å²) in [4.78, 5) is 4.20. The molecule has 0 aliphatic heterocycles. The highest BCUT2D eigenvalue weighted by Gasteiger charge is 2.16. The molecule has 2 rings (SSSR count). The molecule has 0 unspecified atom stereocenters. The van der Waals surface area contributed by atoms with Gasteiger partial charge < -0.3 is 5.73 Å². The molecule has 0 amide bonds. The van der Waals surface area contributed by atoms with Gasteiger partial charge in [0, 0.05) is 6.20 Å². The SMILES string of the molecule is CSc1nn(-c2cc(C)ccn2)c(N)c1C#N. The summed E-state index contributed by atoms with van der Waals surface area (Å²) in [7, 11) is 0. The maximum atomic E-state index is 9.03. The van der Waals surface area contributed by atoms with Gasteiger partial charge in [0.05, 0.1) is 0 Å². The molecular formula is C11H11N5S. The maximum Gasteiger partial charge on any atom is 0.155 e. The summed E-state index contributed by atoms with van der Waals surface area (Å²) in [5.41, 5.74) is 7.36. The van der Waals surface area contributed by atoms with Gasteiger partial charge in [-0.15, -0.1) is 11.8 Å². The molecule has 0 spiro atoms. The minimum Gasteiger partial charge on any atom is -0.382 e. The number of thioether (sulfide) groups is 1. The first-order valence-corrected chi connectivity index (χ1v) is 6.15. The molecule has 6 heteroatoms. The Hall–Kier alpha value is -2.00. The van der Waals surface area contributed by atoms with Crippen molar-refractivity contribution in [1.29, 1.82) is 5.26 Å². The quantitative estimate of drug-likeness (QED) is 0.815. The predicted molar refractivity (Wildman–Crippen MR) is 67.0 cm³/mol. The molecule has 0 bridgehead atoms. The predicted octanol–water partition coefficient (Wildman–Crippen LogP) is 1.75. The first kappa shape index (κ1) is 11.5. The maximum absolute atomic E-state index is 9.03. The van der Waals surface area contributed by atoms with Crippen LogP contribution in [0.25, 0.3) is 5.82 Å². The molecule has 2 aromatic rings. The van der Waals surface area contributed by atoms with Gasteiger partial charge in [-0.1, -0.05) is 0 Å². The summed E-state index contributed by atoms with van der Waals surface area (Å²) < 4.78 is 1.50. The molecule has 86 valence electrons. The van der Waals surface area contributed by atoms with E-state index in [-0.39, 0.29) is 0 Å². The van der Waals surface area contributed by atoms with Crippen LogP contribution >= 0.6 is 11.8 Å². The number of pyridine rings is 1. The van der Waals surface area contributed by atoms with E-state index in [1.165, 1.54) is 16.4 Å². The van der Waals surface area contributed by atoms with Gasteiger partial charge in [-0.3, -0.25) is 0 Å². The Labute approximate surface area is 103 Å². The molecule has 0 aliphatic carbocycles. The van der Waals surface area contributed by atoms with Crippen molar-refractivity contribution in [3.63, 3.8) is 0 Å². The molecule has 0 aromatic carbocycles. The Morgan fingerprint density at radius 3 is 2.82 bits per heavy atom. The van der Waals surface area contributed by atoms with Gasteiger partial charge in [-0.2, -0.15) is 15.0 Å². The van der Waals surface area contributed by atoms with Gasteiger partial charge in [-0.05, 0) is 30.9 Å². The van der Waals surface area contributed by atoms with Gasteiger partial charge in [0.2, 0.25) is 0 Å². The standard InChI is InChI=1S/C11H11N5S/c1-7-3-4-14-9(5-7)16-10(13)8(6-12)11(15-16)17-2/h3-5H,13H2,1-2H3. The molecule has 0 radical (unpaired) electrons. The fourth-order valence-electron chi connectivity index (χ4n) is 1.47. The van der Waals surface area contributed by atoms with Crippen LogP contribution in [0.2, 0.25) is 0 Å². The summed E-state index contributed by atoms with van der Waals surface area (Å²) in [5.74, 6) is 0.953. The fourth-order valence-corrected chi connectivity index (χ4v) is 1.99. The fraction of sp³-hybridized carbons (Fsp3) is 0.182. The first-order valence-electron chi connectivity index (χ1n) is 4.93. The molecule has 17 heavy (non-hydrogen) atoms. The van der Waals surface area contributed by atoms with E-state index < -0.39 is 0 Å². The van der Waals surface area contributed by atoms with Gasteiger partial charge in [0.15, 0.2) is 5.82 Å².